The van der Waals surface area contributed by atoms with E-state index in [9.17, 15) is 24.3 Å². The highest BCUT2D eigenvalue weighted by molar-refractivity contribution is 6.00. The van der Waals surface area contributed by atoms with Gasteiger partial charge in [-0.15, -0.1) is 0 Å². The monoisotopic (exact) mass is 680 g/mol. The summed E-state index contributed by atoms with van der Waals surface area (Å²) in [4.78, 5) is 57.9. The topological polar surface area (TPSA) is 104 Å². The quantitative estimate of drug-likeness (QED) is 0.235. The standard InChI is InChI=1S/C41H64N2O6/c1-25(2)32-27(44)23-41(34(46)43-21-19-42(10)20-22-43)18-17-39(8)26(33(32)41)11-12-29-38(7)15-14-30(49-31(45)24-36(3,4)35(47)48)37(5,6)28(38)13-16-40(29,39)9/h25,28-30,32H,11-24H2,1-10H3,(H,47,48)/t28-,29+,30-,32?,38-,39+,40+,41+/m0/s1. The zero-order valence-corrected chi connectivity index (χ0v) is 32.2. The first-order valence-electron chi connectivity index (χ1n) is 19.3. The lowest BCUT2D eigenvalue weighted by molar-refractivity contribution is -0.214. The molecule has 49 heavy (non-hydrogen) atoms. The Morgan fingerprint density at radius 2 is 1.57 bits per heavy atom. The van der Waals surface area contributed by atoms with E-state index in [0.29, 0.717) is 18.3 Å². The van der Waals surface area contributed by atoms with Crippen molar-refractivity contribution in [2.75, 3.05) is 33.2 Å². The summed E-state index contributed by atoms with van der Waals surface area (Å²) in [6, 6.07) is 0. The van der Waals surface area contributed by atoms with Crippen LogP contribution in [0.1, 0.15) is 127 Å². The van der Waals surface area contributed by atoms with Gasteiger partial charge in [-0.05, 0) is 112 Å². The van der Waals surface area contributed by atoms with Crippen LogP contribution in [0.4, 0.5) is 0 Å². The number of hydrogen-bond donors (Lipinski definition) is 1. The van der Waals surface area contributed by atoms with Crippen LogP contribution in [0.15, 0.2) is 11.1 Å². The van der Waals surface area contributed by atoms with Crippen LogP contribution in [0.2, 0.25) is 0 Å². The van der Waals surface area contributed by atoms with Gasteiger partial charge in [0, 0.05) is 43.9 Å². The normalized spacial score (nSPS) is 40.7. The predicted octanol–water partition coefficient (Wildman–Crippen LogP) is 7.15. The molecule has 0 spiro atoms. The minimum absolute atomic E-state index is 0.0279. The van der Waals surface area contributed by atoms with E-state index in [1.807, 2.05) is 0 Å². The van der Waals surface area contributed by atoms with E-state index in [2.05, 4.69) is 65.3 Å². The van der Waals surface area contributed by atoms with Crippen LogP contribution in [0, 0.1) is 56.2 Å². The van der Waals surface area contributed by atoms with Gasteiger partial charge >= 0.3 is 11.9 Å². The molecule has 6 aliphatic rings. The molecule has 5 aliphatic carbocycles. The number of carbonyl (C=O) groups is 4. The number of hydrogen-bond acceptors (Lipinski definition) is 6. The maximum atomic E-state index is 14.7. The second-order valence-electron chi connectivity index (χ2n) is 19.6. The molecule has 8 heteroatoms. The molecule has 1 unspecified atom stereocenters. The molecule has 5 fully saturated rings. The van der Waals surface area contributed by atoms with Gasteiger partial charge in [-0.3, -0.25) is 19.2 Å². The van der Waals surface area contributed by atoms with Gasteiger partial charge in [0.05, 0.1) is 17.3 Å². The number of ketones is 1. The van der Waals surface area contributed by atoms with Gasteiger partial charge in [0.25, 0.3) is 0 Å². The lowest BCUT2D eigenvalue weighted by Crippen LogP contribution is -2.64. The van der Waals surface area contributed by atoms with Crippen molar-refractivity contribution in [2.24, 2.45) is 56.2 Å². The first kappa shape index (κ1) is 36.6. The van der Waals surface area contributed by atoms with Crippen LogP contribution in [-0.2, 0) is 23.9 Å². The number of nitrogens with zero attached hydrogens (tertiary/aromatic N) is 2. The molecule has 0 radical (unpaired) electrons. The number of fused-ring (bicyclic) bond motifs is 6. The van der Waals surface area contributed by atoms with E-state index in [1.165, 1.54) is 11.1 Å². The maximum Gasteiger partial charge on any atom is 0.309 e. The number of ether oxygens (including phenoxy) is 1. The van der Waals surface area contributed by atoms with E-state index in [-0.39, 0.29) is 57.7 Å². The number of carbonyl (C=O) groups excluding carboxylic acids is 3. The third-order valence-corrected chi connectivity index (χ3v) is 15.9. The molecule has 274 valence electrons. The van der Waals surface area contributed by atoms with Gasteiger partial charge in [0.15, 0.2) is 0 Å². The molecule has 0 bridgehead atoms. The number of carboxylic acids is 1. The molecule has 1 heterocycles. The fourth-order valence-corrected chi connectivity index (χ4v) is 12.9. The number of rotatable bonds is 6. The predicted molar refractivity (Wildman–Crippen MR) is 189 cm³/mol. The van der Waals surface area contributed by atoms with Crippen molar-refractivity contribution in [3.63, 3.8) is 0 Å². The highest BCUT2D eigenvalue weighted by atomic mass is 16.5. The number of esters is 1. The fraction of sp³-hybridized carbons (Fsp3) is 0.854. The van der Waals surface area contributed by atoms with Crippen molar-refractivity contribution in [1.82, 2.24) is 9.80 Å². The Bertz CT molecular complexity index is 1440. The second-order valence-corrected chi connectivity index (χ2v) is 19.6. The van der Waals surface area contributed by atoms with Gasteiger partial charge in [-0.1, -0.05) is 54.0 Å². The molecule has 0 aromatic rings. The molecule has 0 aromatic heterocycles. The smallest absolute Gasteiger partial charge is 0.309 e. The molecular formula is C41H64N2O6. The van der Waals surface area contributed by atoms with Crippen molar-refractivity contribution in [3.8, 4) is 0 Å². The lowest BCUT2D eigenvalue weighted by atomic mass is 9.34. The van der Waals surface area contributed by atoms with E-state index in [0.717, 1.165) is 77.5 Å². The van der Waals surface area contributed by atoms with E-state index in [1.54, 1.807) is 13.8 Å². The Balaban J connectivity index is 1.33. The lowest BCUT2D eigenvalue weighted by Gasteiger charge is -2.70. The minimum Gasteiger partial charge on any atom is -0.481 e. The molecule has 1 aliphatic heterocycles. The third-order valence-electron chi connectivity index (χ3n) is 15.9. The van der Waals surface area contributed by atoms with Crippen molar-refractivity contribution in [1.29, 1.82) is 0 Å². The van der Waals surface area contributed by atoms with Crippen molar-refractivity contribution in [3.05, 3.63) is 11.1 Å². The van der Waals surface area contributed by atoms with Gasteiger partial charge in [-0.25, -0.2) is 0 Å². The Morgan fingerprint density at radius 3 is 2.18 bits per heavy atom. The summed E-state index contributed by atoms with van der Waals surface area (Å²) < 4.78 is 6.15. The number of amides is 1. The Labute approximate surface area is 295 Å². The molecule has 0 aromatic carbocycles. The van der Waals surface area contributed by atoms with Gasteiger partial charge < -0.3 is 19.6 Å². The zero-order valence-electron chi connectivity index (χ0n) is 32.2. The Kier molecular flexibility index (Phi) is 8.89. The average Bonchev–Trinajstić information content (AvgIpc) is 3.32. The Morgan fingerprint density at radius 1 is 0.918 bits per heavy atom. The number of allylic oxidation sites excluding steroid dienone is 1. The molecule has 1 amide bonds. The van der Waals surface area contributed by atoms with Crippen LogP contribution in [-0.4, -0.2) is 77.9 Å². The maximum absolute atomic E-state index is 14.7. The molecule has 1 saturated heterocycles. The van der Waals surface area contributed by atoms with Crippen LogP contribution >= 0.6 is 0 Å². The highest BCUT2D eigenvalue weighted by Gasteiger charge is 2.70. The molecule has 4 saturated carbocycles. The van der Waals surface area contributed by atoms with Gasteiger partial charge in [-0.2, -0.15) is 0 Å². The number of piperazine rings is 1. The van der Waals surface area contributed by atoms with Crippen molar-refractivity contribution in [2.45, 2.75) is 133 Å². The van der Waals surface area contributed by atoms with Crippen LogP contribution in [0.25, 0.3) is 0 Å². The number of aliphatic carboxylic acids is 1. The highest BCUT2D eigenvalue weighted by Crippen LogP contribution is 2.76. The summed E-state index contributed by atoms with van der Waals surface area (Å²) in [5, 5.41) is 9.59. The molecular weight excluding hydrogens is 616 g/mol. The first-order valence-corrected chi connectivity index (χ1v) is 19.3. The summed E-state index contributed by atoms with van der Waals surface area (Å²) >= 11 is 0. The third kappa shape index (κ3) is 5.29. The van der Waals surface area contributed by atoms with E-state index >= 15 is 0 Å². The zero-order chi connectivity index (χ0) is 36.1. The summed E-state index contributed by atoms with van der Waals surface area (Å²) in [6.45, 7) is 22.8. The summed E-state index contributed by atoms with van der Waals surface area (Å²) in [6.07, 6.45) is 7.58. The van der Waals surface area contributed by atoms with E-state index in [4.69, 9.17) is 4.74 Å². The minimum atomic E-state index is -1.16. The average molecular weight is 681 g/mol. The number of likely N-dealkylation sites (N-methyl/N-ethyl adjacent to an activating group) is 1. The number of Topliss-reactive ketones (excluding diaryl/α,β-unsaturated/α-hetero) is 1. The second kappa shape index (κ2) is 11.9. The molecule has 8 atom stereocenters. The molecule has 6 rings (SSSR count). The van der Waals surface area contributed by atoms with Crippen molar-refractivity contribution >= 4 is 23.6 Å². The summed E-state index contributed by atoms with van der Waals surface area (Å²) in [7, 11) is 2.12. The summed E-state index contributed by atoms with van der Waals surface area (Å²) in [5.41, 5.74) is 0.609. The van der Waals surface area contributed by atoms with Crippen LogP contribution < -0.4 is 0 Å². The first-order chi connectivity index (χ1) is 22.7. The molecule has 8 nitrogen and oxygen atoms in total. The van der Waals surface area contributed by atoms with Crippen molar-refractivity contribution < 1.29 is 29.0 Å². The Hall–Kier alpha value is -2.22. The summed E-state index contributed by atoms with van der Waals surface area (Å²) in [5.74, 6) is -0.0834. The number of carboxylic acid groups (broad SMARTS) is 1. The van der Waals surface area contributed by atoms with Gasteiger partial charge in [0.1, 0.15) is 11.9 Å². The fourth-order valence-electron chi connectivity index (χ4n) is 12.9. The van der Waals surface area contributed by atoms with Crippen LogP contribution in [0.3, 0.4) is 0 Å². The van der Waals surface area contributed by atoms with Gasteiger partial charge in [0.2, 0.25) is 5.91 Å². The van der Waals surface area contributed by atoms with Crippen LogP contribution in [0.5, 0.6) is 0 Å². The molecule has 1 N–H and O–H groups in total. The largest absolute Gasteiger partial charge is 0.481 e. The SMILES string of the molecule is CC(C)C1C(=O)C[C@]2(C(=O)N3CCN(C)CC3)CC[C@]3(C)C(=C12)CC[C@@H]1[C@@]2(C)CC[C@H](OC(=O)CC(C)(C)C(=O)O)C(C)(C)[C@@H]2CC[C@]13C. The van der Waals surface area contributed by atoms with E-state index < -0.39 is 22.8 Å².